The zero-order chi connectivity index (χ0) is 28.3. The molecule has 0 saturated heterocycles. The van der Waals surface area contributed by atoms with Crippen LogP contribution >= 0.6 is 31.9 Å². The standard InChI is InChI=1S/C37H40Br2O2/c38-25-9-1-3-11-27-40-31-21-17-29(18-22-31)37(30-19-23-32(24-20-30)41-28-12-4-2-10-26-39)35-15-7-5-13-33(35)34-14-6-8-16-36(34)37/h5-8,13-24H,1-4,9-12,25-28H2. The van der Waals surface area contributed by atoms with Crippen molar-refractivity contribution in [2.45, 2.75) is 56.8 Å². The van der Waals surface area contributed by atoms with Crippen molar-refractivity contribution < 1.29 is 9.47 Å². The smallest absolute Gasteiger partial charge is 0.119 e. The SMILES string of the molecule is BrCCCCCCOc1ccc(C2(c3ccc(OCCCCCCBr)cc3)c3ccccc3-c3ccccc32)cc1. The van der Waals surface area contributed by atoms with Crippen LogP contribution in [-0.4, -0.2) is 23.9 Å². The van der Waals surface area contributed by atoms with Crippen LogP contribution in [0.3, 0.4) is 0 Å². The van der Waals surface area contributed by atoms with Crippen LogP contribution in [0.15, 0.2) is 97.1 Å². The molecule has 0 aliphatic heterocycles. The topological polar surface area (TPSA) is 18.5 Å². The third-order valence-electron chi connectivity index (χ3n) is 8.12. The maximum Gasteiger partial charge on any atom is 0.119 e. The minimum atomic E-state index is -0.407. The number of halogens is 2. The van der Waals surface area contributed by atoms with Gasteiger partial charge in [-0.15, -0.1) is 0 Å². The molecule has 0 aromatic heterocycles. The summed E-state index contributed by atoms with van der Waals surface area (Å²) in [7, 11) is 0. The summed E-state index contributed by atoms with van der Waals surface area (Å²) in [6.07, 6.45) is 9.53. The normalized spacial score (nSPS) is 13.0. The first-order chi connectivity index (χ1) is 20.3. The lowest BCUT2D eigenvalue weighted by Crippen LogP contribution is -2.28. The summed E-state index contributed by atoms with van der Waals surface area (Å²) in [5.74, 6) is 1.87. The van der Waals surface area contributed by atoms with E-state index in [2.05, 4.69) is 129 Å². The third kappa shape index (κ3) is 6.75. The van der Waals surface area contributed by atoms with Crippen molar-refractivity contribution in [2.75, 3.05) is 23.9 Å². The number of hydrogen-bond acceptors (Lipinski definition) is 2. The van der Waals surface area contributed by atoms with Crippen molar-refractivity contribution in [2.24, 2.45) is 0 Å². The van der Waals surface area contributed by atoms with E-state index >= 15 is 0 Å². The highest BCUT2D eigenvalue weighted by Crippen LogP contribution is 2.56. The summed E-state index contributed by atoms with van der Waals surface area (Å²) >= 11 is 7.03. The minimum absolute atomic E-state index is 0.407. The Morgan fingerprint density at radius 1 is 0.439 bits per heavy atom. The van der Waals surface area contributed by atoms with Crippen molar-refractivity contribution in [1.82, 2.24) is 0 Å². The Bertz CT molecular complexity index is 1260. The van der Waals surface area contributed by atoms with Gasteiger partial charge in [-0.2, -0.15) is 0 Å². The summed E-state index contributed by atoms with van der Waals surface area (Å²) in [4.78, 5) is 0. The predicted molar refractivity (Wildman–Crippen MR) is 179 cm³/mol. The van der Waals surface area contributed by atoms with Gasteiger partial charge >= 0.3 is 0 Å². The van der Waals surface area contributed by atoms with Crippen molar-refractivity contribution in [1.29, 1.82) is 0 Å². The van der Waals surface area contributed by atoms with E-state index in [1.54, 1.807) is 0 Å². The van der Waals surface area contributed by atoms with E-state index in [0.717, 1.165) is 48.2 Å². The number of hydrogen-bond donors (Lipinski definition) is 0. The lowest BCUT2D eigenvalue weighted by molar-refractivity contribution is 0.305. The summed E-state index contributed by atoms with van der Waals surface area (Å²) in [5, 5.41) is 2.16. The van der Waals surface area contributed by atoms with Gasteiger partial charge in [-0.3, -0.25) is 0 Å². The Morgan fingerprint density at radius 2 is 0.829 bits per heavy atom. The van der Waals surface area contributed by atoms with Crippen LogP contribution in [0.25, 0.3) is 11.1 Å². The van der Waals surface area contributed by atoms with Gasteiger partial charge < -0.3 is 9.47 Å². The highest BCUT2D eigenvalue weighted by molar-refractivity contribution is 9.09. The summed E-state index contributed by atoms with van der Waals surface area (Å²) in [6.45, 7) is 1.52. The van der Waals surface area contributed by atoms with E-state index in [9.17, 15) is 0 Å². The zero-order valence-electron chi connectivity index (χ0n) is 23.8. The molecule has 4 aromatic carbocycles. The fourth-order valence-corrected chi connectivity index (χ4v) is 6.90. The Hall–Kier alpha value is -2.56. The Morgan fingerprint density at radius 3 is 1.24 bits per heavy atom. The van der Waals surface area contributed by atoms with Crippen LogP contribution < -0.4 is 9.47 Å². The molecule has 1 aliphatic carbocycles. The third-order valence-corrected chi connectivity index (χ3v) is 9.24. The number of unbranched alkanes of at least 4 members (excludes halogenated alkanes) is 6. The molecule has 5 rings (SSSR count). The summed E-state index contributed by atoms with van der Waals surface area (Å²) < 4.78 is 12.3. The maximum absolute atomic E-state index is 6.13. The predicted octanol–water partition coefficient (Wildman–Crippen LogP) is 10.7. The van der Waals surface area contributed by atoms with E-state index in [-0.39, 0.29) is 0 Å². The molecular formula is C37H40Br2O2. The number of rotatable bonds is 16. The van der Waals surface area contributed by atoms with Crippen molar-refractivity contribution >= 4 is 31.9 Å². The van der Waals surface area contributed by atoms with Crippen molar-refractivity contribution in [3.63, 3.8) is 0 Å². The molecule has 4 heteroatoms. The van der Waals surface area contributed by atoms with Crippen LogP contribution in [-0.2, 0) is 5.41 Å². The van der Waals surface area contributed by atoms with Gasteiger partial charge in [-0.05, 0) is 83.3 Å². The van der Waals surface area contributed by atoms with Gasteiger partial charge in [-0.25, -0.2) is 0 Å². The molecule has 4 aromatic rings. The largest absolute Gasteiger partial charge is 0.494 e. The zero-order valence-corrected chi connectivity index (χ0v) is 27.0. The number of fused-ring (bicyclic) bond motifs is 3. The number of alkyl halides is 2. The average molecular weight is 677 g/mol. The highest BCUT2D eigenvalue weighted by atomic mass is 79.9. The lowest BCUT2D eigenvalue weighted by Gasteiger charge is -2.34. The van der Waals surface area contributed by atoms with Gasteiger partial charge in [0.05, 0.1) is 18.6 Å². The molecular weight excluding hydrogens is 636 g/mol. The van der Waals surface area contributed by atoms with Crippen molar-refractivity contribution in [3.05, 3.63) is 119 Å². The molecule has 0 radical (unpaired) electrons. The van der Waals surface area contributed by atoms with E-state index in [4.69, 9.17) is 9.47 Å². The lowest BCUT2D eigenvalue weighted by atomic mass is 9.68. The molecule has 0 saturated carbocycles. The van der Waals surface area contributed by atoms with Crippen LogP contribution in [0, 0.1) is 0 Å². The molecule has 2 nitrogen and oxygen atoms in total. The van der Waals surface area contributed by atoms with Gasteiger partial charge in [0.15, 0.2) is 0 Å². The fourth-order valence-electron chi connectivity index (χ4n) is 6.11. The second kappa shape index (κ2) is 15.1. The molecule has 0 atom stereocenters. The summed E-state index contributed by atoms with van der Waals surface area (Å²) in [5.41, 5.74) is 7.34. The van der Waals surface area contributed by atoms with Crippen LogP contribution in [0.4, 0.5) is 0 Å². The minimum Gasteiger partial charge on any atom is -0.494 e. The average Bonchev–Trinajstić information content (AvgIpc) is 3.32. The van der Waals surface area contributed by atoms with Crippen LogP contribution in [0.5, 0.6) is 11.5 Å². The van der Waals surface area contributed by atoms with Gasteiger partial charge in [0, 0.05) is 10.7 Å². The van der Waals surface area contributed by atoms with Gasteiger partial charge in [0.1, 0.15) is 11.5 Å². The van der Waals surface area contributed by atoms with Gasteiger partial charge in [0.2, 0.25) is 0 Å². The van der Waals surface area contributed by atoms with Crippen LogP contribution in [0.2, 0.25) is 0 Å². The van der Waals surface area contributed by atoms with Gasteiger partial charge in [0.25, 0.3) is 0 Å². The first-order valence-corrected chi connectivity index (χ1v) is 17.3. The number of benzene rings is 4. The van der Waals surface area contributed by atoms with Gasteiger partial charge in [-0.1, -0.05) is 130 Å². The monoisotopic (exact) mass is 674 g/mol. The Kier molecular flexibility index (Phi) is 11.0. The second-order valence-corrected chi connectivity index (χ2v) is 12.4. The maximum atomic E-state index is 6.13. The van der Waals surface area contributed by atoms with E-state index in [0.29, 0.717) is 0 Å². The Balaban J connectivity index is 1.43. The molecule has 0 spiro atoms. The first kappa shape index (κ1) is 29.9. The quantitative estimate of drug-likeness (QED) is 0.0765. The molecule has 41 heavy (non-hydrogen) atoms. The molecule has 0 heterocycles. The molecule has 0 unspecified atom stereocenters. The second-order valence-electron chi connectivity index (χ2n) is 10.8. The molecule has 0 N–H and O–H groups in total. The molecule has 214 valence electrons. The number of ether oxygens (including phenoxy) is 2. The van der Waals surface area contributed by atoms with Crippen molar-refractivity contribution in [3.8, 4) is 22.6 Å². The van der Waals surface area contributed by atoms with E-state index in [1.165, 1.54) is 71.9 Å². The fraction of sp³-hybridized carbons (Fsp3) is 0.351. The molecule has 0 amide bonds. The molecule has 0 bridgehead atoms. The first-order valence-electron chi connectivity index (χ1n) is 15.1. The Labute approximate surface area is 262 Å². The molecule has 1 aliphatic rings. The van der Waals surface area contributed by atoms with Crippen LogP contribution in [0.1, 0.15) is 73.6 Å². The van der Waals surface area contributed by atoms with E-state index in [1.807, 2.05) is 0 Å². The summed E-state index contributed by atoms with van der Waals surface area (Å²) in [6, 6.07) is 35.4. The van der Waals surface area contributed by atoms with E-state index < -0.39 is 5.41 Å². The molecule has 0 fully saturated rings. The highest BCUT2D eigenvalue weighted by Gasteiger charge is 2.45.